The Morgan fingerprint density at radius 2 is 1.69 bits per heavy atom. The molecule has 0 saturated carbocycles. The van der Waals surface area contributed by atoms with Gasteiger partial charge in [0.2, 0.25) is 11.0 Å². The zero-order valence-electron chi connectivity index (χ0n) is 16.0. The van der Waals surface area contributed by atoms with E-state index >= 15 is 0 Å². The molecule has 29 heavy (non-hydrogen) atoms. The largest absolute Gasteiger partial charge is 0.493 e. The monoisotopic (exact) mass is 411 g/mol. The van der Waals surface area contributed by atoms with Crippen LogP contribution in [0.5, 0.6) is 17.2 Å². The summed E-state index contributed by atoms with van der Waals surface area (Å²) in [4.78, 5) is 12.9. The smallest absolute Gasteiger partial charge is 0.224 e. The van der Waals surface area contributed by atoms with Crippen molar-refractivity contribution in [2.24, 2.45) is 0 Å². The van der Waals surface area contributed by atoms with Crippen molar-refractivity contribution < 1.29 is 14.2 Å². The van der Waals surface area contributed by atoms with E-state index in [1.54, 1.807) is 27.7 Å². The van der Waals surface area contributed by atoms with E-state index in [0.29, 0.717) is 28.9 Å². The van der Waals surface area contributed by atoms with Crippen LogP contribution in [0, 0.1) is 0 Å². The van der Waals surface area contributed by atoms with Gasteiger partial charge in [-0.3, -0.25) is 0 Å². The van der Waals surface area contributed by atoms with Gasteiger partial charge in [-0.25, -0.2) is 9.97 Å². The molecule has 0 unspecified atom stereocenters. The number of benzene rings is 2. The van der Waals surface area contributed by atoms with Gasteiger partial charge in [0, 0.05) is 17.5 Å². The number of rotatable bonds is 6. The highest BCUT2D eigenvalue weighted by molar-refractivity contribution is 6.28. The van der Waals surface area contributed by atoms with Crippen LogP contribution in [0.3, 0.4) is 0 Å². The van der Waals surface area contributed by atoms with E-state index in [0.717, 1.165) is 16.6 Å². The second-order valence-corrected chi connectivity index (χ2v) is 6.37. The summed E-state index contributed by atoms with van der Waals surface area (Å²) in [6.07, 6.45) is 3.50. The van der Waals surface area contributed by atoms with E-state index in [1.807, 2.05) is 47.2 Å². The molecule has 0 aliphatic heterocycles. The maximum absolute atomic E-state index is 6.06. The van der Waals surface area contributed by atoms with Crippen molar-refractivity contribution in [1.29, 1.82) is 0 Å². The van der Waals surface area contributed by atoms with E-state index in [4.69, 9.17) is 25.8 Å². The number of aromatic nitrogens is 4. The highest BCUT2D eigenvalue weighted by atomic mass is 35.5. The van der Waals surface area contributed by atoms with Crippen LogP contribution in [0.1, 0.15) is 0 Å². The number of fused-ring (bicyclic) bond motifs is 1. The first-order valence-electron chi connectivity index (χ1n) is 8.66. The zero-order valence-corrected chi connectivity index (χ0v) is 16.8. The van der Waals surface area contributed by atoms with Gasteiger partial charge in [-0.2, -0.15) is 4.98 Å². The average molecular weight is 412 g/mol. The molecule has 0 fully saturated rings. The number of hydrogen-bond acceptors (Lipinski definition) is 7. The maximum Gasteiger partial charge on any atom is 0.224 e. The lowest BCUT2D eigenvalue weighted by molar-refractivity contribution is 0.324. The highest BCUT2D eigenvalue weighted by Crippen LogP contribution is 2.39. The second-order valence-electron chi connectivity index (χ2n) is 6.03. The summed E-state index contributed by atoms with van der Waals surface area (Å²) in [5.41, 5.74) is 1.55. The Labute approximate surface area is 172 Å². The Morgan fingerprint density at radius 3 is 2.38 bits per heavy atom. The lowest BCUT2D eigenvalue weighted by atomic mass is 10.2. The minimum Gasteiger partial charge on any atom is -0.493 e. The third-order valence-electron chi connectivity index (χ3n) is 4.35. The third-order valence-corrected chi connectivity index (χ3v) is 4.52. The number of ether oxygens (including phenoxy) is 3. The molecule has 0 aliphatic carbocycles. The molecule has 0 spiro atoms. The molecule has 0 amide bonds. The topological polar surface area (TPSA) is 83.3 Å². The summed E-state index contributed by atoms with van der Waals surface area (Å²) in [5, 5.41) is 4.21. The maximum atomic E-state index is 6.06. The molecule has 2 heterocycles. The van der Waals surface area contributed by atoms with Gasteiger partial charge in [0.05, 0.1) is 38.7 Å². The molecule has 4 aromatic rings. The summed E-state index contributed by atoms with van der Waals surface area (Å²) in [5.74, 6) is 2.81. The number of imidazole rings is 1. The van der Waals surface area contributed by atoms with E-state index in [1.165, 1.54) is 0 Å². The summed E-state index contributed by atoms with van der Waals surface area (Å²) in [6, 6.07) is 11.3. The first kappa shape index (κ1) is 18.8. The van der Waals surface area contributed by atoms with Crippen molar-refractivity contribution in [1.82, 2.24) is 19.5 Å². The van der Waals surface area contributed by atoms with Gasteiger partial charge in [-0.1, -0.05) is 12.1 Å². The zero-order chi connectivity index (χ0) is 20.4. The van der Waals surface area contributed by atoms with Crippen LogP contribution in [0.15, 0.2) is 48.9 Å². The van der Waals surface area contributed by atoms with Crippen molar-refractivity contribution in [2.75, 3.05) is 26.6 Å². The lowest BCUT2D eigenvalue weighted by Crippen LogP contribution is -1.99. The number of para-hydroxylation sites is 1. The van der Waals surface area contributed by atoms with E-state index < -0.39 is 0 Å². The lowest BCUT2D eigenvalue weighted by Gasteiger charge is -2.14. The molecule has 8 nitrogen and oxygen atoms in total. The SMILES string of the molecule is COc1cc(-n2cnc(Nc3nc(Cl)nc4ccccc34)c2)cc(OC)c1OC. The van der Waals surface area contributed by atoms with Crippen LogP contribution in [-0.2, 0) is 0 Å². The van der Waals surface area contributed by atoms with Gasteiger partial charge in [0.15, 0.2) is 11.5 Å². The minimum absolute atomic E-state index is 0.162. The van der Waals surface area contributed by atoms with Crippen molar-refractivity contribution in [2.45, 2.75) is 0 Å². The first-order valence-corrected chi connectivity index (χ1v) is 9.04. The van der Waals surface area contributed by atoms with Crippen molar-refractivity contribution >= 4 is 34.1 Å². The molecule has 4 rings (SSSR count). The fourth-order valence-electron chi connectivity index (χ4n) is 3.01. The molecule has 0 bridgehead atoms. The van der Waals surface area contributed by atoms with Crippen LogP contribution in [0.2, 0.25) is 5.28 Å². The fourth-order valence-corrected chi connectivity index (χ4v) is 3.19. The molecule has 0 atom stereocenters. The van der Waals surface area contributed by atoms with Gasteiger partial charge in [-0.05, 0) is 23.7 Å². The molecule has 1 N–H and O–H groups in total. The Balaban J connectivity index is 1.70. The van der Waals surface area contributed by atoms with Crippen molar-refractivity contribution in [3.05, 3.63) is 54.2 Å². The van der Waals surface area contributed by atoms with Gasteiger partial charge in [0.1, 0.15) is 18.0 Å². The Kier molecular flexibility index (Phi) is 5.09. The molecule has 9 heteroatoms. The number of methoxy groups -OCH3 is 3. The Morgan fingerprint density at radius 1 is 0.966 bits per heavy atom. The number of nitrogens with one attached hydrogen (secondary N) is 1. The van der Waals surface area contributed by atoms with Crippen molar-refractivity contribution in [3.63, 3.8) is 0 Å². The second kappa shape index (κ2) is 7.84. The number of anilines is 2. The molecular formula is C20H18ClN5O3. The minimum atomic E-state index is 0.162. The third kappa shape index (κ3) is 3.62. The van der Waals surface area contributed by atoms with E-state index in [-0.39, 0.29) is 5.28 Å². The summed E-state index contributed by atoms with van der Waals surface area (Å²) >= 11 is 6.06. The Hall–Kier alpha value is -3.52. The highest BCUT2D eigenvalue weighted by Gasteiger charge is 2.15. The molecule has 2 aromatic carbocycles. The fraction of sp³-hybridized carbons (Fsp3) is 0.150. The summed E-state index contributed by atoms with van der Waals surface area (Å²) < 4.78 is 18.0. The van der Waals surface area contributed by atoms with Crippen molar-refractivity contribution in [3.8, 4) is 22.9 Å². The summed E-state index contributed by atoms with van der Waals surface area (Å²) in [7, 11) is 4.72. The van der Waals surface area contributed by atoms with Gasteiger partial charge >= 0.3 is 0 Å². The van der Waals surface area contributed by atoms with Crippen LogP contribution in [0.4, 0.5) is 11.6 Å². The van der Waals surface area contributed by atoms with Crippen LogP contribution in [0.25, 0.3) is 16.6 Å². The summed E-state index contributed by atoms with van der Waals surface area (Å²) in [6.45, 7) is 0. The van der Waals surface area contributed by atoms with Gasteiger partial charge in [0.25, 0.3) is 0 Å². The van der Waals surface area contributed by atoms with Gasteiger partial charge in [-0.15, -0.1) is 0 Å². The number of nitrogens with zero attached hydrogens (tertiary/aromatic N) is 4. The van der Waals surface area contributed by atoms with Crippen LogP contribution in [-0.4, -0.2) is 40.8 Å². The van der Waals surface area contributed by atoms with E-state index in [9.17, 15) is 0 Å². The standard InChI is InChI=1S/C20H18ClN5O3/c1-27-15-8-12(9-16(28-2)18(15)29-3)26-10-17(22-11-26)24-19-13-6-4-5-7-14(13)23-20(21)25-19/h4-11H,1-3H3,(H,23,24,25). The normalized spacial score (nSPS) is 10.8. The van der Waals surface area contributed by atoms with Gasteiger partial charge < -0.3 is 24.1 Å². The number of hydrogen-bond donors (Lipinski definition) is 1. The molecule has 0 saturated heterocycles. The molecule has 148 valence electrons. The van der Waals surface area contributed by atoms with Crippen LogP contribution < -0.4 is 19.5 Å². The molecule has 0 radical (unpaired) electrons. The molecular weight excluding hydrogens is 394 g/mol. The van der Waals surface area contributed by atoms with Crippen LogP contribution >= 0.6 is 11.6 Å². The molecule has 2 aromatic heterocycles. The quantitative estimate of drug-likeness (QED) is 0.475. The molecule has 0 aliphatic rings. The predicted octanol–water partition coefficient (Wildman–Crippen LogP) is 4.24. The first-order chi connectivity index (χ1) is 14.1. The average Bonchev–Trinajstić information content (AvgIpc) is 3.21. The predicted molar refractivity (Wildman–Crippen MR) is 111 cm³/mol. The van der Waals surface area contributed by atoms with E-state index in [2.05, 4.69) is 20.3 Å². The Bertz CT molecular complexity index is 1150. The number of halogens is 1.